The summed E-state index contributed by atoms with van der Waals surface area (Å²) >= 11 is 0. The summed E-state index contributed by atoms with van der Waals surface area (Å²) in [6.45, 7) is 6.74. The lowest BCUT2D eigenvalue weighted by molar-refractivity contribution is 0.0504. The van der Waals surface area contributed by atoms with Crippen molar-refractivity contribution < 1.29 is 17.9 Å². The van der Waals surface area contributed by atoms with Gasteiger partial charge in [-0.15, -0.1) is 5.10 Å². The van der Waals surface area contributed by atoms with Crippen LogP contribution in [0.1, 0.15) is 38.3 Å². The number of ether oxygens (including phenoxy) is 1. The third-order valence-corrected chi connectivity index (χ3v) is 5.08. The van der Waals surface area contributed by atoms with Crippen LogP contribution in [0, 0.1) is 0 Å². The summed E-state index contributed by atoms with van der Waals surface area (Å²) in [5.74, 6) is -0.903. The van der Waals surface area contributed by atoms with E-state index < -0.39 is 20.6 Å². The number of carbonyl (C=O) groups excluding carboxylic acids is 1. The highest BCUT2D eigenvalue weighted by atomic mass is 32.2. The molecule has 1 heterocycles. The maximum Gasteiger partial charge on any atom is 0.378 e. The molecule has 0 saturated heterocycles. The van der Waals surface area contributed by atoms with E-state index in [2.05, 4.69) is 15.5 Å². The lowest BCUT2D eigenvalue weighted by atomic mass is 10.3. The van der Waals surface area contributed by atoms with E-state index >= 15 is 0 Å². The molecule has 0 spiro atoms. The molecule has 0 bridgehead atoms. The minimum atomic E-state index is -3.30. The van der Waals surface area contributed by atoms with E-state index in [1.54, 1.807) is 27.7 Å². The van der Waals surface area contributed by atoms with Crippen LogP contribution in [0.4, 0.5) is 0 Å². The number of rotatable bonds is 5. The van der Waals surface area contributed by atoms with Gasteiger partial charge < -0.3 is 4.74 Å². The van der Waals surface area contributed by atoms with Crippen molar-refractivity contribution in [1.29, 1.82) is 0 Å². The van der Waals surface area contributed by atoms with Gasteiger partial charge in [0.05, 0.1) is 23.7 Å². The van der Waals surface area contributed by atoms with E-state index in [4.69, 9.17) is 4.74 Å². The predicted octanol–water partition coefficient (Wildman–Crippen LogP) is 0.0631. The molecule has 0 N–H and O–H groups in total. The second-order valence-electron chi connectivity index (χ2n) is 4.88. The van der Waals surface area contributed by atoms with E-state index in [1.165, 1.54) is 0 Å². The van der Waals surface area contributed by atoms with Crippen LogP contribution >= 0.6 is 0 Å². The van der Waals surface area contributed by atoms with Gasteiger partial charge in [0.2, 0.25) is 0 Å². The van der Waals surface area contributed by atoms with Crippen molar-refractivity contribution in [2.75, 3.05) is 12.4 Å². The normalized spacial score (nSPS) is 12.4. The molecule has 0 aliphatic carbocycles. The summed E-state index contributed by atoms with van der Waals surface area (Å²) in [6.07, 6.45) is 0. The first-order valence-corrected chi connectivity index (χ1v) is 7.50. The molecule has 19 heavy (non-hydrogen) atoms. The van der Waals surface area contributed by atoms with Gasteiger partial charge in [-0.25, -0.2) is 17.9 Å². The quantitative estimate of drug-likeness (QED) is 0.706. The summed E-state index contributed by atoms with van der Waals surface area (Å²) < 4.78 is 29.0. The fourth-order valence-electron chi connectivity index (χ4n) is 1.21. The second-order valence-corrected chi connectivity index (χ2v) is 7.74. The van der Waals surface area contributed by atoms with Crippen LogP contribution in [-0.4, -0.2) is 51.7 Å². The van der Waals surface area contributed by atoms with Crippen LogP contribution in [0.3, 0.4) is 0 Å². The summed E-state index contributed by atoms with van der Waals surface area (Å²) in [4.78, 5) is 11.5. The molecule has 0 atom stereocenters. The summed E-state index contributed by atoms with van der Waals surface area (Å²) in [5.41, 5.74) is 0. The van der Waals surface area contributed by atoms with Gasteiger partial charge in [0, 0.05) is 0 Å². The van der Waals surface area contributed by atoms with Gasteiger partial charge in [-0.1, -0.05) is 0 Å². The third-order valence-electron chi connectivity index (χ3n) is 2.49. The first-order valence-electron chi connectivity index (χ1n) is 5.84. The summed E-state index contributed by atoms with van der Waals surface area (Å²) in [6, 6.07) is 0. The minimum absolute atomic E-state index is 0.0146. The van der Waals surface area contributed by atoms with Crippen LogP contribution in [0.5, 0.6) is 0 Å². The molecule has 1 rings (SSSR count). The van der Waals surface area contributed by atoms with Crippen molar-refractivity contribution in [3.05, 3.63) is 5.82 Å². The van der Waals surface area contributed by atoms with Crippen molar-refractivity contribution >= 4 is 15.8 Å². The van der Waals surface area contributed by atoms with E-state index in [0.717, 1.165) is 4.68 Å². The molecular formula is C10H18N4O4S. The number of carbonyl (C=O) groups is 1. The van der Waals surface area contributed by atoms with Crippen molar-refractivity contribution in [3.8, 4) is 0 Å². The SMILES string of the molecule is CCOC(=O)c1nnnn1CCS(=O)(=O)C(C)(C)C. The zero-order chi connectivity index (χ0) is 14.7. The summed E-state index contributed by atoms with van der Waals surface area (Å²) in [7, 11) is -3.30. The second kappa shape index (κ2) is 5.64. The average Bonchev–Trinajstić information content (AvgIpc) is 2.73. The van der Waals surface area contributed by atoms with E-state index in [9.17, 15) is 13.2 Å². The number of nitrogens with zero attached hydrogens (tertiary/aromatic N) is 4. The van der Waals surface area contributed by atoms with Crippen LogP contribution in [0.25, 0.3) is 0 Å². The zero-order valence-corrected chi connectivity index (χ0v) is 12.3. The highest BCUT2D eigenvalue weighted by Gasteiger charge is 2.29. The highest BCUT2D eigenvalue weighted by Crippen LogP contribution is 2.16. The number of hydrogen-bond donors (Lipinski definition) is 0. The predicted molar refractivity (Wildman–Crippen MR) is 67.3 cm³/mol. The van der Waals surface area contributed by atoms with Crippen LogP contribution < -0.4 is 0 Å². The smallest absolute Gasteiger partial charge is 0.378 e. The first kappa shape index (κ1) is 15.5. The molecule has 0 aromatic carbocycles. The van der Waals surface area contributed by atoms with Gasteiger partial charge in [-0.2, -0.15) is 0 Å². The molecule has 0 amide bonds. The Morgan fingerprint density at radius 1 is 1.37 bits per heavy atom. The largest absolute Gasteiger partial charge is 0.460 e. The Bertz CT molecular complexity index is 544. The van der Waals surface area contributed by atoms with Crippen molar-refractivity contribution in [2.24, 2.45) is 0 Å². The first-order chi connectivity index (χ1) is 8.69. The van der Waals surface area contributed by atoms with Gasteiger partial charge in [-0.05, 0) is 38.1 Å². The Morgan fingerprint density at radius 2 is 2.00 bits per heavy atom. The standard InChI is InChI=1S/C10H18N4O4S/c1-5-18-9(15)8-11-12-13-14(8)6-7-19(16,17)10(2,3)4/h5-7H2,1-4H3. The fourth-order valence-corrected chi connectivity index (χ4v) is 2.24. The number of esters is 1. The molecule has 0 aliphatic rings. The van der Waals surface area contributed by atoms with Gasteiger partial charge >= 0.3 is 5.97 Å². The Kier molecular flexibility index (Phi) is 4.61. The van der Waals surface area contributed by atoms with E-state index in [1.807, 2.05) is 0 Å². The number of aromatic nitrogens is 4. The Labute approximate surface area is 112 Å². The average molecular weight is 290 g/mol. The van der Waals surface area contributed by atoms with Crippen molar-refractivity contribution in [3.63, 3.8) is 0 Å². The number of hydrogen-bond acceptors (Lipinski definition) is 7. The lowest BCUT2D eigenvalue weighted by Crippen LogP contribution is -2.32. The maximum absolute atomic E-state index is 12.0. The molecule has 0 saturated carbocycles. The molecule has 9 heteroatoms. The van der Waals surface area contributed by atoms with E-state index in [-0.39, 0.29) is 24.7 Å². The zero-order valence-electron chi connectivity index (χ0n) is 11.5. The third kappa shape index (κ3) is 3.72. The molecule has 108 valence electrons. The molecule has 0 unspecified atom stereocenters. The van der Waals surface area contributed by atoms with Gasteiger partial charge in [0.15, 0.2) is 9.84 Å². The van der Waals surface area contributed by atoms with Gasteiger partial charge in [0.25, 0.3) is 5.82 Å². The molecule has 0 fully saturated rings. The topological polar surface area (TPSA) is 104 Å². The summed E-state index contributed by atoms with van der Waals surface area (Å²) in [5, 5.41) is 10.5. The number of aryl methyl sites for hydroxylation is 1. The Hall–Kier alpha value is -1.51. The fraction of sp³-hybridized carbons (Fsp3) is 0.800. The van der Waals surface area contributed by atoms with Crippen LogP contribution in [0.15, 0.2) is 0 Å². The molecule has 0 aliphatic heterocycles. The van der Waals surface area contributed by atoms with Crippen LogP contribution in [0.2, 0.25) is 0 Å². The Morgan fingerprint density at radius 3 is 2.53 bits per heavy atom. The van der Waals surface area contributed by atoms with Crippen LogP contribution in [-0.2, 0) is 21.1 Å². The lowest BCUT2D eigenvalue weighted by Gasteiger charge is -2.18. The number of tetrazole rings is 1. The highest BCUT2D eigenvalue weighted by molar-refractivity contribution is 7.92. The van der Waals surface area contributed by atoms with E-state index in [0.29, 0.717) is 0 Å². The monoisotopic (exact) mass is 290 g/mol. The maximum atomic E-state index is 12.0. The van der Waals surface area contributed by atoms with Gasteiger partial charge in [-0.3, -0.25) is 0 Å². The van der Waals surface area contributed by atoms with Gasteiger partial charge in [0.1, 0.15) is 0 Å². The molecule has 8 nitrogen and oxygen atoms in total. The molecule has 0 radical (unpaired) electrons. The number of sulfone groups is 1. The Balaban J connectivity index is 2.81. The molecule has 1 aromatic heterocycles. The van der Waals surface area contributed by atoms with Crippen molar-refractivity contribution in [2.45, 2.75) is 39.0 Å². The minimum Gasteiger partial charge on any atom is -0.460 e. The van der Waals surface area contributed by atoms with Crippen molar-refractivity contribution in [1.82, 2.24) is 20.2 Å². The molecule has 1 aromatic rings. The molecular weight excluding hydrogens is 272 g/mol.